The number of likely N-dealkylation sites (N-methyl/N-ethyl adjacent to an activating group) is 1. The normalized spacial score (nSPS) is 10.7. The van der Waals surface area contributed by atoms with Crippen molar-refractivity contribution in [2.75, 3.05) is 14.2 Å². The van der Waals surface area contributed by atoms with Gasteiger partial charge in [-0.15, -0.1) is 0 Å². The fourth-order valence-electron chi connectivity index (χ4n) is 1.29. The molecule has 1 amide bonds. The van der Waals surface area contributed by atoms with Gasteiger partial charge in [0.25, 0.3) is 0 Å². The van der Waals surface area contributed by atoms with Crippen molar-refractivity contribution in [3.8, 4) is 11.5 Å². The van der Waals surface area contributed by atoms with E-state index in [9.17, 15) is 13.6 Å². The van der Waals surface area contributed by atoms with Gasteiger partial charge in [-0.1, -0.05) is 12.1 Å². The van der Waals surface area contributed by atoms with Gasteiger partial charge in [-0.2, -0.15) is 8.78 Å². The average Bonchev–Trinajstić information content (AvgIpc) is 2.36. The third kappa shape index (κ3) is 3.73. The topological polar surface area (TPSA) is 47.6 Å². The SMILES string of the molecule is CNC(=O)/C=C/c1cccc(OC)c1OC(F)F. The standard InChI is InChI=1S/C12H13F2NO3/c1-15-10(16)7-6-8-4-3-5-9(17-2)11(8)18-12(13)14/h3-7,12H,1-2H3,(H,15,16)/b7-6+. The number of rotatable bonds is 5. The molecule has 0 bridgehead atoms. The van der Waals surface area contributed by atoms with Crippen molar-refractivity contribution in [3.63, 3.8) is 0 Å². The molecule has 1 aromatic rings. The molecule has 0 heterocycles. The van der Waals surface area contributed by atoms with E-state index in [1.54, 1.807) is 12.1 Å². The molecule has 0 saturated carbocycles. The molecule has 98 valence electrons. The molecule has 0 fully saturated rings. The number of nitrogens with one attached hydrogen (secondary N) is 1. The maximum absolute atomic E-state index is 12.3. The number of carbonyl (C=O) groups excluding carboxylic acids is 1. The second-order valence-corrected chi connectivity index (χ2v) is 3.20. The summed E-state index contributed by atoms with van der Waals surface area (Å²) in [6.45, 7) is -2.96. The summed E-state index contributed by atoms with van der Waals surface area (Å²) in [5.74, 6) is -0.273. The minimum Gasteiger partial charge on any atom is -0.493 e. The van der Waals surface area contributed by atoms with Gasteiger partial charge in [0.15, 0.2) is 11.5 Å². The fraction of sp³-hybridized carbons (Fsp3) is 0.250. The molecule has 1 rings (SSSR count). The Bertz CT molecular complexity index is 447. The number of methoxy groups -OCH3 is 1. The molecule has 0 aliphatic carbocycles. The maximum atomic E-state index is 12.3. The van der Waals surface area contributed by atoms with Crippen molar-refractivity contribution in [2.24, 2.45) is 0 Å². The van der Waals surface area contributed by atoms with E-state index in [0.29, 0.717) is 5.56 Å². The van der Waals surface area contributed by atoms with Gasteiger partial charge >= 0.3 is 6.61 Å². The van der Waals surface area contributed by atoms with Crippen LogP contribution in [0.2, 0.25) is 0 Å². The quantitative estimate of drug-likeness (QED) is 0.821. The molecule has 0 atom stereocenters. The average molecular weight is 257 g/mol. The van der Waals surface area contributed by atoms with Gasteiger partial charge in [0, 0.05) is 18.7 Å². The van der Waals surface area contributed by atoms with E-state index in [2.05, 4.69) is 10.1 Å². The van der Waals surface area contributed by atoms with E-state index in [0.717, 1.165) is 0 Å². The Kier molecular flexibility index (Phi) is 5.10. The Balaban J connectivity index is 3.09. The fourth-order valence-corrected chi connectivity index (χ4v) is 1.29. The summed E-state index contributed by atoms with van der Waals surface area (Å²) in [6, 6.07) is 4.65. The van der Waals surface area contributed by atoms with E-state index >= 15 is 0 Å². The highest BCUT2D eigenvalue weighted by Gasteiger charge is 2.13. The Morgan fingerprint density at radius 1 is 1.44 bits per heavy atom. The van der Waals surface area contributed by atoms with Crippen LogP contribution in [0.3, 0.4) is 0 Å². The van der Waals surface area contributed by atoms with Crippen LogP contribution in [0.4, 0.5) is 8.78 Å². The highest BCUT2D eigenvalue weighted by molar-refractivity contribution is 5.92. The number of benzene rings is 1. The first-order valence-electron chi connectivity index (χ1n) is 5.10. The summed E-state index contributed by atoms with van der Waals surface area (Å²) in [4.78, 5) is 11.1. The molecule has 0 spiro atoms. The minimum atomic E-state index is -2.96. The molecular formula is C12H13F2NO3. The lowest BCUT2D eigenvalue weighted by atomic mass is 10.1. The van der Waals surface area contributed by atoms with Gasteiger partial charge in [0.2, 0.25) is 5.91 Å². The van der Waals surface area contributed by atoms with E-state index in [1.165, 1.54) is 32.4 Å². The second-order valence-electron chi connectivity index (χ2n) is 3.20. The lowest BCUT2D eigenvalue weighted by molar-refractivity contribution is -0.115. The van der Waals surface area contributed by atoms with Crippen LogP contribution in [0.25, 0.3) is 6.08 Å². The molecule has 0 aliphatic rings. The van der Waals surface area contributed by atoms with Gasteiger partial charge in [-0.25, -0.2) is 0 Å². The largest absolute Gasteiger partial charge is 0.493 e. The zero-order valence-corrected chi connectivity index (χ0v) is 9.94. The van der Waals surface area contributed by atoms with Gasteiger partial charge in [0.05, 0.1) is 7.11 Å². The van der Waals surface area contributed by atoms with E-state index in [-0.39, 0.29) is 17.4 Å². The highest BCUT2D eigenvalue weighted by atomic mass is 19.3. The monoisotopic (exact) mass is 257 g/mol. The molecule has 1 N–H and O–H groups in total. The molecule has 4 nitrogen and oxygen atoms in total. The molecule has 1 aromatic carbocycles. The van der Waals surface area contributed by atoms with E-state index < -0.39 is 6.61 Å². The van der Waals surface area contributed by atoms with Gasteiger partial charge in [-0.05, 0) is 12.1 Å². The smallest absolute Gasteiger partial charge is 0.387 e. The van der Waals surface area contributed by atoms with E-state index in [4.69, 9.17) is 4.74 Å². The third-order valence-corrected chi connectivity index (χ3v) is 2.10. The van der Waals surface area contributed by atoms with Gasteiger partial charge in [-0.3, -0.25) is 4.79 Å². The van der Waals surface area contributed by atoms with Gasteiger partial charge in [0.1, 0.15) is 0 Å². The zero-order chi connectivity index (χ0) is 13.5. The first kappa shape index (κ1) is 14.0. The Morgan fingerprint density at radius 3 is 2.72 bits per heavy atom. The summed E-state index contributed by atoms with van der Waals surface area (Å²) in [5, 5.41) is 2.38. The van der Waals surface area contributed by atoms with Crippen molar-refractivity contribution >= 4 is 12.0 Å². The minimum absolute atomic E-state index is 0.102. The van der Waals surface area contributed by atoms with Crippen LogP contribution in [0, 0.1) is 0 Å². The Morgan fingerprint density at radius 2 is 2.17 bits per heavy atom. The summed E-state index contributed by atoms with van der Waals surface area (Å²) < 4.78 is 33.9. The first-order chi connectivity index (χ1) is 8.58. The van der Waals surface area contributed by atoms with E-state index in [1.807, 2.05) is 0 Å². The first-order valence-corrected chi connectivity index (χ1v) is 5.10. The van der Waals surface area contributed by atoms with Crippen LogP contribution in [0.1, 0.15) is 5.56 Å². The number of hydrogen-bond acceptors (Lipinski definition) is 3. The summed E-state index contributed by atoms with van der Waals surface area (Å²) in [7, 11) is 2.81. The lowest BCUT2D eigenvalue weighted by Crippen LogP contribution is -2.14. The third-order valence-electron chi connectivity index (χ3n) is 2.10. The second kappa shape index (κ2) is 6.58. The molecule has 0 radical (unpaired) electrons. The van der Waals surface area contributed by atoms with Crippen molar-refractivity contribution in [3.05, 3.63) is 29.8 Å². The predicted octanol–water partition coefficient (Wildman–Crippen LogP) is 2.06. The number of hydrogen-bond donors (Lipinski definition) is 1. The maximum Gasteiger partial charge on any atom is 0.387 e. The van der Waals surface area contributed by atoms with Crippen LogP contribution in [-0.2, 0) is 4.79 Å². The Hall–Kier alpha value is -2.11. The molecular weight excluding hydrogens is 244 g/mol. The van der Waals surface area contributed by atoms with Gasteiger partial charge < -0.3 is 14.8 Å². The van der Waals surface area contributed by atoms with Crippen LogP contribution in [0.5, 0.6) is 11.5 Å². The molecule has 6 heteroatoms. The summed E-state index contributed by atoms with van der Waals surface area (Å²) in [5.41, 5.74) is 0.332. The van der Waals surface area contributed by atoms with Crippen LogP contribution in [-0.4, -0.2) is 26.7 Å². The number of alkyl halides is 2. The van der Waals surface area contributed by atoms with Crippen LogP contribution in [0.15, 0.2) is 24.3 Å². The van der Waals surface area contributed by atoms with Crippen molar-refractivity contribution in [2.45, 2.75) is 6.61 Å². The zero-order valence-electron chi connectivity index (χ0n) is 9.94. The molecule has 0 unspecified atom stereocenters. The number of carbonyl (C=O) groups is 1. The molecule has 0 aromatic heterocycles. The lowest BCUT2D eigenvalue weighted by Gasteiger charge is -2.12. The predicted molar refractivity (Wildman–Crippen MR) is 62.7 cm³/mol. The van der Waals surface area contributed by atoms with Crippen molar-refractivity contribution in [1.29, 1.82) is 0 Å². The van der Waals surface area contributed by atoms with Crippen LogP contribution < -0.4 is 14.8 Å². The number of para-hydroxylation sites is 1. The summed E-state index contributed by atoms with van der Waals surface area (Å²) >= 11 is 0. The summed E-state index contributed by atoms with van der Waals surface area (Å²) in [6.07, 6.45) is 2.59. The van der Waals surface area contributed by atoms with Crippen molar-refractivity contribution < 1.29 is 23.0 Å². The number of ether oxygens (including phenoxy) is 2. The molecule has 0 saturated heterocycles. The number of amides is 1. The molecule has 0 aliphatic heterocycles. The van der Waals surface area contributed by atoms with Crippen molar-refractivity contribution in [1.82, 2.24) is 5.32 Å². The Labute approximate surface area is 103 Å². The molecule has 18 heavy (non-hydrogen) atoms. The highest BCUT2D eigenvalue weighted by Crippen LogP contribution is 2.33. The number of halogens is 2. The van der Waals surface area contributed by atoms with Crippen LogP contribution >= 0.6 is 0 Å².